The van der Waals surface area contributed by atoms with E-state index in [0.29, 0.717) is 17.7 Å². The van der Waals surface area contributed by atoms with Gasteiger partial charge in [0.1, 0.15) is 0 Å². The second kappa shape index (κ2) is 10.2. The predicted molar refractivity (Wildman–Crippen MR) is 113 cm³/mol. The van der Waals surface area contributed by atoms with Gasteiger partial charge in [-0.1, -0.05) is 24.3 Å². The lowest BCUT2D eigenvalue weighted by atomic mass is 10.2. The van der Waals surface area contributed by atoms with Gasteiger partial charge in [-0.3, -0.25) is 4.79 Å². The first kappa shape index (κ1) is 19.5. The van der Waals surface area contributed by atoms with E-state index in [2.05, 4.69) is 16.4 Å². The maximum absolute atomic E-state index is 12.9. The largest absolute Gasteiger partial charge is 0.321 e. The van der Waals surface area contributed by atoms with Crippen molar-refractivity contribution in [2.45, 2.75) is 22.0 Å². The van der Waals surface area contributed by atoms with E-state index in [4.69, 9.17) is 5.26 Å². The number of hydrogen-bond acceptors (Lipinski definition) is 6. The second-order valence-corrected chi connectivity index (χ2v) is 8.34. The molecule has 0 radical (unpaired) electrons. The molecule has 0 atom stereocenters. The molecule has 1 aromatic heterocycles. The topological polar surface area (TPSA) is 65.8 Å². The Hall–Kier alpha value is -2.27. The molecule has 0 saturated carbocycles. The summed E-state index contributed by atoms with van der Waals surface area (Å²) in [5, 5.41) is 13.8. The summed E-state index contributed by atoms with van der Waals surface area (Å²) in [6.45, 7) is 0. The van der Waals surface area contributed by atoms with Crippen molar-refractivity contribution in [1.82, 2.24) is 4.98 Å². The Bertz CT molecular complexity index is 936. The number of nitrogens with zero attached hydrogens (tertiary/aromatic N) is 2. The molecule has 0 unspecified atom stereocenters. The normalized spacial score (nSPS) is 10.3. The van der Waals surface area contributed by atoms with Gasteiger partial charge in [-0.05, 0) is 24.3 Å². The van der Waals surface area contributed by atoms with Gasteiger partial charge in [0, 0.05) is 33.1 Å². The monoisotopic (exact) mass is 411 g/mol. The van der Waals surface area contributed by atoms with Crippen LogP contribution < -0.4 is 5.32 Å². The van der Waals surface area contributed by atoms with Crippen molar-refractivity contribution in [1.29, 1.82) is 5.26 Å². The molecule has 1 amide bonds. The summed E-state index contributed by atoms with van der Waals surface area (Å²) < 4.78 is 0. The first-order chi connectivity index (χ1) is 13.3. The van der Waals surface area contributed by atoms with Crippen molar-refractivity contribution in [2.75, 3.05) is 11.1 Å². The van der Waals surface area contributed by atoms with E-state index >= 15 is 0 Å². The lowest BCUT2D eigenvalue weighted by Crippen LogP contribution is -2.13. The number of thiazole rings is 1. The van der Waals surface area contributed by atoms with Gasteiger partial charge in [-0.2, -0.15) is 5.26 Å². The van der Waals surface area contributed by atoms with Crippen LogP contribution in [0, 0.1) is 11.3 Å². The zero-order chi connectivity index (χ0) is 18.9. The minimum atomic E-state index is -0.135. The fourth-order valence-corrected chi connectivity index (χ4v) is 4.81. The van der Waals surface area contributed by atoms with Crippen molar-refractivity contribution in [3.63, 3.8) is 0 Å². The number of aromatic nitrogens is 1. The molecule has 0 aliphatic rings. The minimum Gasteiger partial charge on any atom is -0.321 e. The molecule has 1 heterocycles. The number of anilines is 1. The molecule has 0 saturated heterocycles. The molecule has 2 aromatic carbocycles. The first-order valence-electron chi connectivity index (χ1n) is 8.27. The number of hydrogen-bond donors (Lipinski definition) is 1. The second-order valence-electron chi connectivity index (χ2n) is 5.47. The number of carbonyl (C=O) groups is 1. The predicted octanol–water partition coefficient (Wildman–Crippen LogP) is 5.69. The number of nitriles is 1. The van der Waals surface area contributed by atoms with Crippen molar-refractivity contribution < 1.29 is 4.79 Å². The van der Waals surface area contributed by atoms with E-state index in [1.165, 1.54) is 0 Å². The SMILES string of the molecule is N#CCCSc1ccccc1NC(=O)c1ccccc1SCc1cscn1. The van der Waals surface area contributed by atoms with E-state index in [1.807, 2.05) is 59.4 Å². The fraction of sp³-hybridized carbons (Fsp3) is 0.150. The van der Waals surface area contributed by atoms with Gasteiger partial charge in [0.25, 0.3) is 5.91 Å². The molecule has 1 N–H and O–H groups in total. The quantitative estimate of drug-likeness (QED) is 0.381. The summed E-state index contributed by atoms with van der Waals surface area (Å²) in [7, 11) is 0. The van der Waals surface area contributed by atoms with Gasteiger partial charge in [-0.15, -0.1) is 34.9 Å². The van der Waals surface area contributed by atoms with E-state index in [-0.39, 0.29) is 5.91 Å². The molecule has 3 aromatic rings. The third-order valence-electron chi connectivity index (χ3n) is 3.60. The summed E-state index contributed by atoms with van der Waals surface area (Å²) >= 11 is 4.75. The maximum atomic E-state index is 12.9. The Morgan fingerprint density at radius 2 is 1.89 bits per heavy atom. The van der Waals surface area contributed by atoms with Gasteiger partial charge in [0.05, 0.1) is 28.5 Å². The summed E-state index contributed by atoms with van der Waals surface area (Å²) in [5.74, 6) is 1.29. The summed E-state index contributed by atoms with van der Waals surface area (Å²) in [4.78, 5) is 19.1. The van der Waals surface area contributed by atoms with Crippen molar-refractivity contribution in [3.8, 4) is 6.07 Å². The standard InChI is InChI=1S/C20H17N3OS3/c21-10-5-11-26-19-9-4-2-7-17(19)23-20(24)16-6-1-3-8-18(16)27-13-15-12-25-14-22-15/h1-4,6-9,12,14H,5,11,13H2,(H,23,24). The molecule has 0 spiro atoms. The summed E-state index contributed by atoms with van der Waals surface area (Å²) in [5.41, 5.74) is 4.24. The number of carbonyl (C=O) groups excluding carboxylic acids is 1. The van der Waals surface area contributed by atoms with Crippen LogP contribution in [0.1, 0.15) is 22.5 Å². The van der Waals surface area contributed by atoms with Crippen LogP contribution in [0.4, 0.5) is 5.69 Å². The highest BCUT2D eigenvalue weighted by molar-refractivity contribution is 7.99. The van der Waals surface area contributed by atoms with Crippen LogP contribution in [0.15, 0.2) is 69.2 Å². The van der Waals surface area contributed by atoms with E-state index in [0.717, 1.165) is 26.9 Å². The molecule has 3 rings (SSSR count). The Morgan fingerprint density at radius 1 is 1.11 bits per heavy atom. The molecule has 7 heteroatoms. The molecular weight excluding hydrogens is 394 g/mol. The highest BCUT2D eigenvalue weighted by Gasteiger charge is 2.14. The third kappa shape index (κ3) is 5.60. The Balaban J connectivity index is 1.72. The van der Waals surface area contributed by atoms with Gasteiger partial charge >= 0.3 is 0 Å². The number of benzene rings is 2. The van der Waals surface area contributed by atoms with Crippen LogP contribution in [0.2, 0.25) is 0 Å². The molecule has 0 aliphatic heterocycles. The molecular formula is C20H17N3OS3. The van der Waals surface area contributed by atoms with Gasteiger partial charge in [0.15, 0.2) is 0 Å². The average molecular weight is 412 g/mol. The Morgan fingerprint density at radius 3 is 2.67 bits per heavy atom. The van der Waals surface area contributed by atoms with Gasteiger partial charge < -0.3 is 5.32 Å². The zero-order valence-corrected chi connectivity index (χ0v) is 16.9. The third-order valence-corrected chi connectivity index (χ3v) is 6.42. The van der Waals surface area contributed by atoms with Crippen LogP contribution in [0.3, 0.4) is 0 Å². The van der Waals surface area contributed by atoms with Crippen LogP contribution >= 0.6 is 34.9 Å². The maximum Gasteiger partial charge on any atom is 0.256 e. The van der Waals surface area contributed by atoms with E-state index in [9.17, 15) is 4.79 Å². The van der Waals surface area contributed by atoms with Crippen LogP contribution in [0.25, 0.3) is 0 Å². The number of amides is 1. The van der Waals surface area contributed by atoms with Crippen molar-refractivity contribution in [2.24, 2.45) is 0 Å². The first-order valence-corrected chi connectivity index (χ1v) is 11.2. The van der Waals surface area contributed by atoms with Crippen molar-refractivity contribution >= 4 is 46.5 Å². The molecule has 0 bridgehead atoms. The molecule has 27 heavy (non-hydrogen) atoms. The number of nitrogens with one attached hydrogen (secondary N) is 1. The fourth-order valence-electron chi connectivity index (χ4n) is 2.33. The zero-order valence-electron chi connectivity index (χ0n) is 14.4. The van der Waals surface area contributed by atoms with Crippen LogP contribution in [-0.2, 0) is 5.75 Å². The van der Waals surface area contributed by atoms with Crippen molar-refractivity contribution in [3.05, 3.63) is 70.7 Å². The van der Waals surface area contributed by atoms with E-state index in [1.54, 1.807) is 34.9 Å². The minimum absolute atomic E-state index is 0.135. The highest BCUT2D eigenvalue weighted by atomic mass is 32.2. The van der Waals surface area contributed by atoms with Crippen LogP contribution in [-0.4, -0.2) is 16.6 Å². The number of para-hydroxylation sites is 1. The number of thioether (sulfide) groups is 2. The Kier molecular flexibility index (Phi) is 7.34. The number of rotatable bonds is 8. The van der Waals surface area contributed by atoms with Gasteiger partial charge in [-0.25, -0.2) is 4.98 Å². The van der Waals surface area contributed by atoms with Crippen LogP contribution in [0.5, 0.6) is 0 Å². The molecule has 0 aliphatic carbocycles. The molecule has 136 valence electrons. The highest BCUT2D eigenvalue weighted by Crippen LogP contribution is 2.30. The summed E-state index contributed by atoms with van der Waals surface area (Å²) in [6.07, 6.45) is 0.475. The van der Waals surface area contributed by atoms with E-state index < -0.39 is 0 Å². The molecule has 4 nitrogen and oxygen atoms in total. The Labute approximate surface area is 171 Å². The lowest BCUT2D eigenvalue weighted by Gasteiger charge is -2.12. The average Bonchev–Trinajstić information content (AvgIpc) is 3.22. The lowest BCUT2D eigenvalue weighted by molar-refractivity contribution is 0.102. The summed E-state index contributed by atoms with van der Waals surface area (Å²) in [6, 6.07) is 17.4. The van der Waals surface area contributed by atoms with Gasteiger partial charge in [0.2, 0.25) is 0 Å². The smallest absolute Gasteiger partial charge is 0.256 e. The molecule has 0 fully saturated rings.